The first kappa shape index (κ1) is 18.6. The van der Waals surface area contributed by atoms with Crippen molar-refractivity contribution >= 4 is 11.6 Å². The van der Waals surface area contributed by atoms with Gasteiger partial charge in [0.15, 0.2) is 11.5 Å². The number of nitrogens with zero attached hydrogens (tertiary/aromatic N) is 1. The van der Waals surface area contributed by atoms with Gasteiger partial charge < -0.3 is 14.5 Å². The van der Waals surface area contributed by atoms with Gasteiger partial charge in [-0.1, -0.05) is 35.9 Å². The third kappa shape index (κ3) is 3.97. The zero-order chi connectivity index (χ0) is 19.4. The summed E-state index contributed by atoms with van der Waals surface area (Å²) in [5.74, 6) is 1.04. The van der Waals surface area contributed by atoms with Crippen LogP contribution < -0.4 is 15.0 Å². The molecule has 3 aromatic rings. The molecule has 0 spiro atoms. The van der Waals surface area contributed by atoms with Crippen LogP contribution in [0.3, 0.4) is 0 Å². The predicted molar refractivity (Wildman–Crippen MR) is 104 cm³/mol. The topological polar surface area (TPSA) is 75.1 Å². The van der Waals surface area contributed by atoms with E-state index >= 15 is 0 Å². The molecule has 1 N–H and O–H groups in total. The van der Waals surface area contributed by atoms with E-state index < -0.39 is 5.56 Å². The van der Waals surface area contributed by atoms with E-state index in [0.29, 0.717) is 39.9 Å². The van der Waals surface area contributed by atoms with Crippen molar-refractivity contribution in [1.29, 1.82) is 5.26 Å². The standard InChI is InChI=1S/C21H17ClN2O3/c1-13-9-16(17(11-23)21(25)24-13)14-7-8-19(20(10-14)26-2)27-12-15-5-3-4-6-18(15)22/h3-10H,12H2,1-2H3,(H,24,25). The van der Waals surface area contributed by atoms with E-state index in [9.17, 15) is 10.1 Å². The molecular formula is C21H17ClN2O3. The summed E-state index contributed by atoms with van der Waals surface area (Å²) in [7, 11) is 1.54. The average molecular weight is 381 g/mol. The van der Waals surface area contributed by atoms with Gasteiger partial charge in [0.25, 0.3) is 5.56 Å². The van der Waals surface area contributed by atoms with Gasteiger partial charge in [0, 0.05) is 21.8 Å². The molecule has 0 saturated heterocycles. The zero-order valence-corrected chi connectivity index (χ0v) is 15.6. The van der Waals surface area contributed by atoms with Gasteiger partial charge in [-0.15, -0.1) is 0 Å². The minimum absolute atomic E-state index is 0.0624. The molecule has 3 rings (SSSR count). The molecule has 0 atom stereocenters. The maximum absolute atomic E-state index is 12.0. The molecule has 2 aromatic carbocycles. The quantitative estimate of drug-likeness (QED) is 0.708. The Kier molecular flexibility index (Phi) is 5.49. The maximum atomic E-state index is 12.0. The molecule has 6 heteroatoms. The number of H-pyrrole nitrogens is 1. The Morgan fingerprint density at radius 2 is 1.93 bits per heavy atom. The van der Waals surface area contributed by atoms with Gasteiger partial charge in [-0.05, 0) is 36.8 Å². The first-order chi connectivity index (χ1) is 13.0. The van der Waals surface area contributed by atoms with Crippen LogP contribution in [0.5, 0.6) is 11.5 Å². The Bertz CT molecular complexity index is 1080. The Labute approximate surface area is 161 Å². The van der Waals surface area contributed by atoms with Crippen LogP contribution in [0.25, 0.3) is 11.1 Å². The van der Waals surface area contributed by atoms with E-state index in [1.54, 1.807) is 37.3 Å². The molecule has 0 radical (unpaired) electrons. The number of benzene rings is 2. The minimum atomic E-state index is -0.412. The first-order valence-corrected chi connectivity index (χ1v) is 8.60. The van der Waals surface area contributed by atoms with Crippen LogP contribution in [0.1, 0.15) is 16.8 Å². The van der Waals surface area contributed by atoms with Gasteiger partial charge >= 0.3 is 0 Å². The minimum Gasteiger partial charge on any atom is -0.493 e. The van der Waals surface area contributed by atoms with Crippen LogP contribution in [0.15, 0.2) is 53.3 Å². The van der Waals surface area contributed by atoms with Crippen molar-refractivity contribution < 1.29 is 9.47 Å². The van der Waals surface area contributed by atoms with E-state index in [2.05, 4.69) is 4.98 Å². The van der Waals surface area contributed by atoms with Gasteiger partial charge in [-0.2, -0.15) is 5.26 Å². The number of hydrogen-bond donors (Lipinski definition) is 1. The summed E-state index contributed by atoms with van der Waals surface area (Å²) < 4.78 is 11.3. The van der Waals surface area contributed by atoms with Gasteiger partial charge in [0.1, 0.15) is 18.2 Å². The van der Waals surface area contributed by atoms with Gasteiger partial charge in [0.05, 0.1) is 7.11 Å². The molecule has 1 aromatic heterocycles. The summed E-state index contributed by atoms with van der Waals surface area (Å²) in [4.78, 5) is 14.7. The van der Waals surface area contributed by atoms with E-state index in [-0.39, 0.29) is 5.56 Å². The monoisotopic (exact) mass is 380 g/mol. The summed E-state index contributed by atoms with van der Waals surface area (Å²) in [6.07, 6.45) is 0. The van der Waals surface area contributed by atoms with Crippen molar-refractivity contribution in [1.82, 2.24) is 4.98 Å². The van der Waals surface area contributed by atoms with Crippen LogP contribution in [-0.2, 0) is 6.61 Å². The Hall–Kier alpha value is -3.23. The van der Waals surface area contributed by atoms with Gasteiger partial charge in [0.2, 0.25) is 0 Å². The summed E-state index contributed by atoms with van der Waals surface area (Å²) in [6, 6.07) is 16.5. The number of aryl methyl sites for hydroxylation is 1. The lowest BCUT2D eigenvalue weighted by Gasteiger charge is -2.13. The predicted octanol–water partition coefficient (Wildman–Crippen LogP) is 4.46. The summed E-state index contributed by atoms with van der Waals surface area (Å²) in [5.41, 5.74) is 2.43. The third-order valence-corrected chi connectivity index (χ3v) is 4.46. The molecule has 1 heterocycles. The largest absolute Gasteiger partial charge is 0.493 e. The normalized spacial score (nSPS) is 10.3. The third-order valence-electron chi connectivity index (χ3n) is 4.10. The number of methoxy groups -OCH3 is 1. The molecule has 0 aliphatic rings. The van der Waals surface area contributed by atoms with E-state index in [1.807, 2.05) is 24.3 Å². The second kappa shape index (κ2) is 7.98. The highest BCUT2D eigenvalue weighted by atomic mass is 35.5. The number of nitrogens with one attached hydrogen (secondary N) is 1. The lowest BCUT2D eigenvalue weighted by molar-refractivity contribution is 0.284. The number of aromatic nitrogens is 1. The second-order valence-electron chi connectivity index (χ2n) is 5.93. The van der Waals surface area contributed by atoms with Crippen LogP contribution in [-0.4, -0.2) is 12.1 Å². The van der Waals surface area contributed by atoms with Crippen LogP contribution >= 0.6 is 11.6 Å². The molecule has 0 aliphatic heterocycles. The highest BCUT2D eigenvalue weighted by molar-refractivity contribution is 6.31. The van der Waals surface area contributed by atoms with Gasteiger partial charge in [-0.3, -0.25) is 4.79 Å². The van der Waals surface area contributed by atoms with Crippen molar-refractivity contribution in [3.8, 4) is 28.7 Å². The number of halogens is 1. The lowest BCUT2D eigenvalue weighted by atomic mass is 10.0. The average Bonchev–Trinajstić information content (AvgIpc) is 2.66. The van der Waals surface area contributed by atoms with E-state index in [1.165, 1.54) is 7.11 Å². The number of pyridine rings is 1. The molecule has 0 amide bonds. The highest BCUT2D eigenvalue weighted by Gasteiger charge is 2.14. The number of hydrogen-bond acceptors (Lipinski definition) is 4. The lowest BCUT2D eigenvalue weighted by Crippen LogP contribution is -2.12. The number of rotatable bonds is 5. The molecule has 0 fully saturated rings. The fourth-order valence-electron chi connectivity index (χ4n) is 2.75. The Morgan fingerprint density at radius 3 is 2.63 bits per heavy atom. The number of nitriles is 1. The molecule has 5 nitrogen and oxygen atoms in total. The van der Waals surface area contributed by atoms with Crippen molar-refractivity contribution in [2.45, 2.75) is 13.5 Å². The highest BCUT2D eigenvalue weighted by Crippen LogP contribution is 2.34. The van der Waals surface area contributed by atoms with E-state index in [4.69, 9.17) is 21.1 Å². The Balaban J connectivity index is 1.95. The van der Waals surface area contributed by atoms with Crippen molar-refractivity contribution in [2.24, 2.45) is 0 Å². The van der Waals surface area contributed by atoms with Crippen molar-refractivity contribution in [2.75, 3.05) is 7.11 Å². The van der Waals surface area contributed by atoms with Crippen molar-refractivity contribution in [3.05, 3.63) is 80.7 Å². The van der Waals surface area contributed by atoms with Crippen molar-refractivity contribution in [3.63, 3.8) is 0 Å². The van der Waals surface area contributed by atoms with Crippen LogP contribution in [0, 0.1) is 18.3 Å². The zero-order valence-electron chi connectivity index (χ0n) is 14.9. The molecule has 27 heavy (non-hydrogen) atoms. The molecular weight excluding hydrogens is 364 g/mol. The molecule has 0 saturated carbocycles. The fraction of sp³-hybridized carbons (Fsp3) is 0.143. The summed E-state index contributed by atoms with van der Waals surface area (Å²) >= 11 is 6.16. The SMILES string of the molecule is COc1cc(-c2cc(C)[nH]c(=O)c2C#N)ccc1OCc1ccccc1Cl. The van der Waals surface area contributed by atoms with Crippen LogP contribution in [0.4, 0.5) is 0 Å². The number of ether oxygens (including phenoxy) is 2. The summed E-state index contributed by atoms with van der Waals surface area (Å²) in [5, 5.41) is 9.96. The van der Waals surface area contributed by atoms with E-state index in [0.717, 1.165) is 5.56 Å². The van der Waals surface area contributed by atoms with Crippen LogP contribution in [0.2, 0.25) is 5.02 Å². The fourth-order valence-corrected chi connectivity index (χ4v) is 2.94. The molecule has 0 bridgehead atoms. The number of aromatic amines is 1. The maximum Gasteiger partial charge on any atom is 0.266 e. The molecule has 0 unspecified atom stereocenters. The smallest absolute Gasteiger partial charge is 0.266 e. The molecule has 0 aliphatic carbocycles. The first-order valence-electron chi connectivity index (χ1n) is 8.22. The Morgan fingerprint density at radius 1 is 1.15 bits per heavy atom. The molecule has 136 valence electrons. The summed E-state index contributed by atoms with van der Waals surface area (Å²) in [6.45, 7) is 2.06. The van der Waals surface area contributed by atoms with Gasteiger partial charge in [-0.25, -0.2) is 0 Å². The second-order valence-corrected chi connectivity index (χ2v) is 6.33.